The van der Waals surface area contributed by atoms with E-state index < -0.39 is 5.97 Å². The smallest absolute Gasteiger partial charge is 0.300 e. The van der Waals surface area contributed by atoms with Crippen LogP contribution in [0.1, 0.15) is 41.0 Å². The Morgan fingerprint density at radius 2 is 2.13 bits per heavy atom. The number of hydrogen-bond donors (Lipinski definition) is 3. The molecule has 1 aromatic heterocycles. The number of carboxylic acids is 1. The highest BCUT2D eigenvalue weighted by Gasteiger charge is 2.33. The first-order valence-electron chi connectivity index (χ1n) is 10.0. The lowest BCUT2D eigenvalue weighted by Crippen LogP contribution is -2.49. The molecule has 9 heteroatoms. The maximum atomic E-state index is 12.5. The number of thioether (sulfide) groups is 1. The predicted molar refractivity (Wildman–Crippen MR) is 123 cm³/mol. The Morgan fingerprint density at radius 1 is 1.47 bits per heavy atom. The monoisotopic (exact) mass is 435 g/mol. The molecule has 0 radical (unpaired) electrons. The Bertz CT molecular complexity index is 717. The molecule has 166 valence electrons. The van der Waals surface area contributed by atoms with E-state index in [1.54, 1.807) is 24.2 Å². The van der Waals surface area contributed by atoms with Gasteiger partial charge in [-0.3, -0.25) is 9.59 Å². The van der Waals surface area contributed by atoms with Crippen LogP contribution >= 0.6 is 11.8 Å². The summed E-state index contributed by atoms with van der Waals surface area (Å²) in [6.45, 7) is 10.5. The molecule has 2 unspecified atom stereocenters. The summed E-state index contributed by atoms with van der Waals surface area (Å²) < 4.78 is 0. The van der Waals surface area contributed by atoms with E-state index in [1.165, 1.54) is 0 Å². The van der Waals surface area contributed by atoms with Gasteiger partial charge in [0.1, 0.15) is 11.1 Å². The molecule has 30 heavy (non-hydrogen) atoms. The molecule has 1 aromatic rings. The van der Waals surface area contributed by atoms with Crippen LogP contribution in [-0.2, 0) is 9.59 Å². The minimum Gasteiger partial charge on any atom is -0.481 e. The molecule has 0 spiro atoms. The Kier molecular flexibility index (Phi) is 14.6. The second-order valence-electron chi connectivity index (χ2n) is 5.88. The zero-order chi connectivity index (χ0) is 22.9. The number of nitriles is 1. The molecule has 0 saturated carbocycles. The first-order valence-corrected chi connectivity index (χ1v) is 11.1. The standard InChI is InChI=1S/C17H23N5OS.C2H4O2.C2H6/c1-3-19-16-11-13(6-9-21-16)20-10-7-15-17(23)22(4-2)14(5-8-18)12-24-15;1-2(3)4;1-2/h6-7,9-11,14-15H,3-5,12H2,1-2H3,(H2,19,20,21);1H3,(H,3,4);1-2H3. The van der Waals surface area contributed by atoms with Gasteiger partial charge in [0.05, 0.1) is 18.5 Å². The van der Waals surface area contributed by atoms with Crippen molar-refractivity contribution >= 4 is 35.1 Å². The van der Waals surface area contributed by atoms with Crippen LogP contribution in [-0.4, -0.2) is 57.0 Å². The molecular weight excluding hydrogens is 402 g/mol. The van der Waals surface area contributed by atoms with E-state index in [9.17, 15) is 4.79 Å². The molecule has 2 rings (SSSR count). The number of carboxylic acid groups (broad SMARTS) is 1. The van der Waals surface area contributed by atoms with Crippen molar-refractivity contribution in [2.75, 3.05) is 29.5 Å². The van der Waals surface area contributed by atoms with Gasteiger partial charge in [0.2, 0.25) is 5.91 Å². The second kappa shape index (κ2) is 16.1. The van der Waals surface area contributed by atoms with Gasteiger partial charge in [-0.2, -0.15) is 5.26 Å². The number of hydrogen-bond acceptors (Lipinski definition) is 7. The molecule has 0 aliphatic carbocycles. The van der Waals surface area contributed by atoms with Gasteiger partial charge < -0.3 is 20.6 Å². The van der Waals surface area contributed by atoms with Crippen molar-refractivity contribution in [1.29, 1.82) is 5.26 Å². The maximum Gasteiger partial charge on any atom is 0.300 e. The third-order valence-corrected chi connectivity index (χ3v) is 5.04. The molecule has 8 nitrogen and oxygen atoms in total. The normalized spacial score (nSPS) is 17.7. The van der Waals surface area contributed by atoms with E-state index >= 15 is 0 Å². The van der Waals surface area contributed by atoms with E-state index in [0.29, 0.717) is 13.0 Å². The Hall–Kier alpha value is -2.73. The van der Waals surface area contributed by atoms with Crippen LogP contribution in [0.3, 0.4) is 0 Å². The molecule has 2 atom stereocenters. The van der Waals surface area contributed by atoms with Gasteiger partial charge in [-0.05, 0) is 32.2 Å². The van der Waals surface area contributed by atoms with E-state index in [1.807, 2.05) is 50.8 Å². The summed E-state index contributed by atoms with van der Waals surface area (Å²) in [5, 5.41) is 22.4. The van der Waals surface area contributed by atoms with Crippen molar-refractivity contribution in [3.05, 3.63) is 30.6 Å². The number of aliphatic carboxylic acids is 1. The first kappa shape index (κ1) is 27.3. The van der Waals surface area contributed by atoms with Gasteiger partial charge in [0, 0.05) is 43.7 Å². The number of nitrogens with zero attached hydrogens (tertiary/aromatic N) is 3. The number of carbonyl (C=O) groups excluding carboxylic acids is 1. The second-order valence-corrected chi connectivity index (χ2v) is 7.05. The third kappa shape index (κ3) is 10.2. The average Bonchev–Trinajstić information content (AvgIpc) is 2.72. The Morgan fingerprint density at radius 3 is 2.70 bits per heavy atom. The topological polar surface area (TPSA) is 118 Å². The minimum atomic E-state index is -0.833. The first-order chi connectivity index (χ1) is 14.4. The molecule has 0 bridgehead atoms. The summed E-state index contributed by atoms with van der Waals surface area (Å²) in [6.07, 6.45) is 5.82. The highest BCUT2D eigenvalue weighted by Crippen LogP contribution is 2.27. The van der Waals surface area contributed by atoms with Gasteiger partial charge >= 0.3 is 0 Å². The summed E-state index contributed by atoms with van der Waals surface area (Å²) in [5.41, 5.74) is 0.917. The maximum absolute atomic E-state index is 12.5. The molecule has 1 amide bonds. The van der Waals surface area contributed by atoms with Crippen LogP contribution in [0, 0.1) is 11.3 Å². The number of anilines is 2. The van der Waals surface area contributed by atoms with E-state index in [0.717, 1.165) is 30.7 Å². The number of carbonyl (C=O) groups is 2. The van der Waals surface area contributed by atoms with Crippen LogP contribution in [0.5, 0.6) is 0 Å². The molecule has 0 aromatic carbocycles. The van der Waals surface area contributed by atoms with Gasteiger partial charge in [0.25, 0.3) is 5.97 Å². The van der Waals surface area contributed by atoms with Crippen molar-refractivity contribution in [1.82, 2.24) is 9.88 Å². The number of nitrogens with one attached hydrogen (secondary N) is 2. The molecular formula is C21H33N5O3S. The van der Waals surface area contributed by atoms with Crippen molar-refractivity contribution in [3.8, 4) is 6.07 Å². The van der Waals surface area contributed by atoms with Crippen molar-refractivity contribution in [2.24, 2.45) is 0 Å². The summed E-state index contributed by atoms with van der Waals surface area (Å²) >= 11 is 1.59. The van der Waals surface area contributed by atoms with Crippen molar-refractivity contribution < 1.29 is 14.7 Å². The highest BCUT2D eigenvalue weighted by molar-refractivity contribution is 8.00. The van der Waals surface area contributed by atoms with Crippen LogP contribution < -0.4 is 10.6 Å². The minimum absolute atomic E-state index is 0.0259. The van der Waals surface area contributed by atoms with Gasteiger partial charge in [0.15, 0.2) is 0 Å². The molecule has 1 aliphatic rings. The Balaban J connectivity index is 0.00000125. The van der Waals surface area contributed by atoms with Gasteiger partial charge in [-0.25, -0.2) is 4.98 Å². The molecule has 2 heterocycles. The summed E-state index contributed by atoms with van der Waals surface area (Å²) in [5.74, 6) is 0.854. The lowest BCUT2D eigenvalue weighted by atomic mass is 10.2. The average molecular weight is 436 g/mol. The fraction of sp³-hybridized carbons (Fsp3) is 0.524. The van der Waals surface area contributed by atoms with E-state index in [2.05, 4.69) is 21.7 Å². The number of aromatic nitrogens is 1. The zero-order valence-corrected chi connectivity index (χ0v) is 19.2. The van der Waals surface area contributed by atoms with Crippen LogP contribution in [0.25, 0.3) is 0 Å². The van der Waals surface area contributed by atoms with Gasteiger partial charge in [-0.1, -0.05) is 13.8 Å². The summed E-state index contributed by atoms with van der Waals surface area (Å²) in [6, 6.07) is 5.99. The molecule has 1 fully saturated rings. The lowest BCUT2D eigenvalue weighted by Gasteiger charge is -2.36. The van der Waals surface area contributed by atoms with Crippen molar-refractivity contribution in [3.63, 3.8) is 0 Å². The van der Waals surface area contributed by atoms with Gasteiger partial charge in [-0.15, -0.1) is 11.8 Å². The predicted octanol–water partition coefficient (Wildman–Crippen LogP) is 3.80. The number of rotatable bonds is 7. The fourth-order valence-corrected chi connectivity index (χ4v) is 3.77. The van der Waals surface area contributed by atoms with E-state index in [-0.39, 0.29) is 17.2 Å². The SMILES string of the molecule is CC.CC(=O)O.CCNc1cc(NC=CC2SCC(CC#N)N(CC)C2=O)ccn1. The van der Waals surface area contributed by atoms with E-state index in [4.69, 9.17) is 15.2 Å². The fourth-order valence-electron chi connectivity index (χ4n) is 2.58. The zero-order valence-electron chi connectivity index (χ0n) is 18.4. The van der Waals surface area contributed by atoms with Crippen LogP contribution in [0.2, 0.25) is 0 Å². The third-order valence-electron chi connectivity index (χ3n) is 3.74. The van der Waals surface area contributed by atoms with Crippen molar-refractivity contribution in [2.45, 2.75) is 52.3 Å². The molecule has 3 N–H and O–H groups in total. The number of amides is 1. The Labute approximate surface area is 183 Å². The summed E-state index contributed by atoms with van der Waals surface area (Å²) in [4.78, 5) is 27.5. The quantitative estimate of drug-likeness (QED) is 0.592. The lowest BCUT2D eigenvalue weighted by molar-refractivity contribution is -0.134. The largest absolute Gasteiger partial charge is 0.481 e. The summed E-state index contributed by atoms with van der Waals surface area (Å²) in [7, 11) is 0. The molecule has 1 saturated heterocycles. The highest BCUT2D eigenvalue weighted by atomic mass is 32.2. The molecule has 1 aliphatic heterocycles. The number of pyridine rings is 1. The van der Waals surface area contributed by atoms with Crippen LogP contribution in [0.4, 0.5) is 11.5 Å². The van der Waals surface area contributed by atoms with Crippen LogP contribution in [0.15, 0.2) is 30.6 Å².